The molecule has 0 heterocycles. The molecule has 0 radical (unpaired) electrons. The average Bonchev–Trinajstić information content (AvgIpc) is 2.39. The average molecular weight is 300 g/mol. The van der Waals surface area contributed by atoms with Gasteiger partial charge in [-0.1, -0.05) is 18.2 Å². The third-order valence-electron chi connectivity index (χ3n) is 2.90. The van der Waals surface area contributed by atoms with E-state index in [9.17, 15) is 0 Å². The predicted octanol–water partition coefficient (Wildman–Crippen LogP) is 2.68. The standard InChI is InChI=1S/C14H24O3SSi/c1-5-15-19(16-6-2,17-7-3)14-10-8-9-12(4)13(14)11-18/h8-10,18H,5-7,11H2,1-4H3. The molecule has 0 atom stereocenters. The minimum absolute atomic E-state index is 0.576. The second kappa shape index (κ2) is 8.07. The molecule has 1 aromatic carbocycles. The summed E-state index contributed by atoms with van der Waals surface area (Å²) in [5.41, 5.74) is 2.36. The normalized spacial score (nSPS) is 11.8. The Hall–Kier alpha value is -0.333. The van der Waals surface area contributed by atoms with Gasteiger partial charge in [0.05, 0.1) is 0 Å². The van der Waals surface area contributed by atoms with E-state index in [-0.39, 0.29) is 0 Å². The monoisotopic (exact) mass is 300 g/mol. The van der Waals surface area contributed by atoms with Crippen LogP contribution in [0.15, 0.2) is 18.2 Å². The van der Waals surface area contributed by atoms with E-state index < -0.39 is 8.80 Å². The van der Waals surface area contributed by atoms with Crippen LogP contribution in [0.2, 0.25) is 0 Å². The first kappa shape index (κ1) is 16.7. The predicted molar refractivity (Wildman–Crippen MR) is 84.1 cm³/mol. The third kappa shape index (κ3) is 3.83. The zero-order valence-corrected chi connectivity index (χ0v) is 14.1. The van der Waals surface area contributed by atoms with Crippen LogP contribution in [0.1, 0.15) is 31.9 Å². The lowest BCUT2D eigenvalue weighted by Gasteiger charge is -2.30. The molecule has 0 spiro atoms. The number of hydrogen-bond donors (Lipinski definition) is 1. The molecule has 1 aromatic rings. The lowest BCUT2D eigenvalue weighted by molar-refractivity contribution is 0.0857. The SMILES string of the molecule is CCO[Si](OCC)(OCC)c1cccc(C)c1CS. The highest BCUT2D eigenvalue weighted by Crippen LogP contribution is 2.17. The van der Waals surface area contributed by atoms with Crippen molar-refractivity contribution in [2.75, 3.05) is 19.8 Å². The van der Waals surface area contributed by atoms with Crippen molar-refractivity contribution in [2.24, 2.45) is 0 Å². The summed E-state index contributed by atoms with van der Waals surface area (Å²) in [6.45, 7) is 9.71. The van der Waals surface area contributed by atoms with Crippen LogP contribution in [0.25, 0.3) is 0 Å². The number of thiol groups is 1. The van der Waals surface area contributed by atoms with E-state index >= 15 is 0 Å². The zero-order valence-electron chi connectivity index (χ0n) is 12.2. The van der Waals surface area contributed by atoms with Crippen molar-refractivity contribution in [3.8, 4) is 0 Å². The number of benzene rings is 1. The smallest absolute Gasteiger partial charge is 0.370 e. The minimum Gasteiger partial charge on any atom is -0.370 e. The van der Waals surface area contributed by atoms with Crippen LogP contribution < -0.4 is 5.19 Å². The molecule has 1 rings (SSSR count). The fourth-order valence-corrected chi connectivity index (χ4v) is 5.51. The molecule has 5 heteroatoms. The zero-order chi connectivity index (χ0) is 14.3. The summed E-state index contributed by atoms with van der Waals surface area (Å²) in [6.07, 6.45) is 0. The van der Waals surface area contributed by atoms with Crippen molar-refractivity contribution in [2.45, 2.75) is 33.4 Å². The second-order valence-corrected chi connectivity index (χ2v) is 6.95. The first-order valence-corrected chi connectivity index (χ1v) is 9.12. The quantitative estimate of drug-likeness (QED) is 0.591. The highest BCUT2D eigenvalue weighted by molar-refractivity contribution is 7.79. The van der Waals surface area contributed by atoms with Gasteiger partial charge in [0, 0.05) is 30.8 Å². The Morgan fingerprint density at radius 2 is 1.53 bits per heavy atom. The van der Waals surface area contributed by atoms with Crippen LogP contribution in [0.4, 0.5) is 0 Å². The molecular formula is C14H24O3SSi. The summed E-state index contributed by atoms with van der Waals surface area (Å²) in [5, 5.41) is 1.05. The maximum atomic E-state index is 5.95. The summed E-state index contributed by atoms with van der Waals surface area (Å²) in [7, 11) is -2.82. The fourth-order valence-electron chi connectivity index (χ4n) is 2.13. The minimum atomic E-state index is -2.82. The van der Waals surface area contributed by atoms with Gasteiger partial charge in [0.25, 0.3) is 0 Å². The van der Waals surface area contributed by atoms with Crippen molar-refractivity contribution >= 4 is 26.6 Å². The molecule has 19 heavy (non-hydrogen) atoms. The molecule has 0 saturated carbocycles. The van der Waals surface area contributed by atoms with Crippen LogP contribution in [-0.4, -0.2) is 28.6 Å². The molecule has 0 amide bonds. The molecular weight excluding hydrogens is 276 g/mol. The van der Waals surface area contributed by atoms with Gasteiger partial charge in [-0.3, -0.25) is 0 Å². The van der Waals surface area contributed by atoms with Gasteiger partial charge in [0.1, 0.15) is 0 Å². The lowest BCUT2D eigenvalue weighted by atomic mass is 10.1. The number of aryl methyl sites for hydroxylation is 1. The van der Waals surface area contributed by atoms with Crippen LogP contribution in [-0.2, 0) is 19.0 Å². The summed E-state index contributed by atoms with van der Waals surface area (Å²) >= 11 is 4.44. The van der Waals surface area contributed by atoms with E-state index in [2.05, 4.69) is 25.6 Å². The molecule has 0 unspecified atom stereocenters. The van der Waals surface area contributed by atoms with Gasteiger partial charge in [0.2, 0.25) is 0 Å². The van der Waals surface area contributed by atoms with Crippen LogP contribution >= 0.6 is 12.6 Å². The first-order chi connectivity index (χ1) is 9.15. The van der Waals surface area contributed by atoms with E-state index in [1.165, 1.54) is 5.56 Å². The van der Waals surface area contributed by atoms with Crippen molar-refractivity contribution < 1.29 is 13.3 Å². The third-order valence-corrected chi connectivity index (χ3v) is 6.35. The van der Waals surface area contributed by atoms with E-state index in [4.69, 9.17) is 13.3 Å². The summed E-state index contributed by atoms with van der Waals surface area (Å²) in [4.78, 5) is 0. The van der Waals surface area contributed by atoms with Crippen molar-refractivity contribution in [1.82, 2.24) is 0 Å². The molecule has 0 aromatic heterocycles. The van der Waals surface area contributed by atoms with E-state index in [0.717, 1.165) is 10.8 Å². The van der Waals surface area contributed by atoms with Gasteiger partial charge in [-0.2, -0.15) is 12.6 Å². The lowest BCUT2D eigenvalue weighted by Crippen LogP contribution is -2.58. The van der Waals surface area contributed by atoms with Gasteiger partial charge in [-0.05, 0) is 38.8 Å². The Bertz CT molecular complexity index is 381. The van der Waals surface area contributed by atoms with E-state index in [1.54, 1.807) is 0 Å². The Morgan fingerprint density at radius 1 is 1.00 bits per heavy atom. The van der Waals surface area contributed by atoms with Crippen molar-refractivity contribution in [3.05, 3.63) is 29.3 Å². The van der Waals surface area contributed by atoms with Gasteiger partial charge in [0.15, 0.2) is 0 Å². The molecule has 0 N–H and O–H groups in total. The molecule has 0 fully saturated rings. The first-order valence-electron chi connectivity index (χ1n) is 6.76. The molecule has 3 nitrogen and oxygen atoms in total. The highest BCUT2D eigenvalue weighted by atomic mass is 32.1. The van der Waals surface area contributed by atoms with Crippen LogP contribution in [0, 0.1) is 6.92 Å². The second-order valence-electron chi connectivity index (χ2n) is 4.11. The molecule has 108 valence electrons. The van der Waals surface area contributed by atoms with E-state index in [1.807, 2.05) is 32.9 Å². The number of hydrogen-bond acceptors (Lipinski definition) is 4. The van der Waals surface area contributed by atoms with Gasteiger partial charge in [-0.25, -0.2) is 0 Å². The summed E-state index contributed by atoms with van der Waals surface area (Å²) in [5.74, 6) is 0.657. The molecule has 0 aliphatic rings. The molecule has 0 saturated heterocycles. The summed E-state index contributed by atoms with van der Waals surface area (Å²) < 4.78 is 17.9. The number of rotatable bonds is 8. The van der Waals surface area contributed by atoms with Crippen molar-refractivity contribution in [3.63, 3.8) is 0 Å². The maximum Gasteiger partial charge on any atom is 0.537 e. The summed E-state index contributed by atoms with van der Waals surface area (Å²) in [6, 6.07) is 6.15. The molecule has 0 bridgehead atoms. The van der Waals surface area contributed by atoms with E-state index in [0.29, 0.717) is 25.6 Å². The Labute approximate surface area is 123 Å². The Morgan fingerprint density at radius 3 is 1.95 bits per heavy atom. The largest absolute Gasteiger partial charge is 0.537 e. The molecule has 0 aliphatic heterocycles. The van der Waals surface area contributed by atoms with Gasteiger partial charge in [-0.15, -0.1) is 0 Å². The topological polar surface area (TPSA) is 27.7 Å². The Kier molecular flexibility index (Phi) is 7.10. The van der Waals surface area contributed by atoms with Gasteiger partial charge >= 0.3 is 8.80 Å². The fraction of sp³-hybridized carbons (Fsp3) is 0.571. The van der Waals surface area contributed by atoms with Crippen LogP contribution in [0.3, 0.4) is 0 Å². The van der Waals surface area contributed by atoms with Crippen LogP contribution in [0.5, 0.6) is 0 Å². The maximum absolute atomic E-state index is 5.95. The highest BCUT2D eigenvalue weighted by Gasteiger charge is 2.44. The van der Waals surface area contributed by atoms with Gasteiger partial charge < -0.3 is 13.3 Å². The molecule has 0 aliphatic carbocycles. The Balaban J connectivity index is 3.33. The van der Waals surface area contributed by atoms with Crippen molar-refractivity contribution in [1.29, 1.82) is 0 Å².